The van der Waals surface area contributed by atoms with Gasteiger partial charge in [0.15, 0.2) is 11.5 Å². The molecule has 0 atom stereocenters. The summed E-state index contributed by atoms with van der Waals surface area (Å²) in [4.78, 5) is 16.0. The zero-order valence-electron chi connectivity index (χ0n) is 15.7. The number of hydrogen-bond acceptors (Lipinski definition) is 4. The molecule has 0 spiro atoms. The molecule has 2 aromatic rings. The molecule has 2 aliphatic heterocycles. The van der Waals surface area contributed by atoms with Crippen molar-refractivity contribution in [3.63, 3.8) is 0 Å². The number of amides is 1. The van der Waals surface area contributed by atoms with Gasteiger partial charge in [0.2, 0.25) is 12.7 Å². The van der Waals surface area contributed by atoms with Gasteiger partial charge in [0, 0.05) is 16.3 Å². The molecule has 1 fully saturated rings. The summed E-state index contributed by atoms with van der Waals surface area (Å²) in [5.74, 6) is 3.26. The van der Waals surface area contributed by atoms with Crippen LogP contribution in [0.5, 0.6) is 11.5 Å². The molecule has 148 valence electrons. The number of nitrogens with one attached hydrogen (secondary N) is 1. The number of carbonyl (C=O) groups excluding carboxylic acids is 1. The lowest BCUT2D eigenvalue weighted by molar-refractivity contribution is -0.917. The van der Waals surface area contributed by atoms with Gasteiger partial charge in [0.05, 0.1) is 31.9 Å². The third-order valence-electron chi connectivity index (χ3n) is 5.12. The maximum absolute atomic E-state index is 12.5. The number of rotatable bonds is 6. The largest absolute Gasteiger partial charge is 0.454 e. The smallest absolute Gasteiger partial charge is 0.232 e. The molecule has 2 heterocycles. The molecule has 0 bridgehead atoms. The topological polar surface area (TPSA) is 43.2 Å². The zero-order chi connectivity index (χ0) is 19.3. The second-order valence-electron chi connectivity index (χ2n) is 7.11. The van der Waals surface area contributed by atoms with E-state index < -0.39 is 0 Å². The molecule has 0 radical (unpaired) electrons. The molecule has 0 aromatic heterocycles. The minimum absolute atomic E-state index is 0.237. The first-order chi connectivity index (χ1) is 13.7. The van der Waals surface area contributed by atoms with E-state index in [-0.39, 0.29) is 5.91 Å². The van der Waals surface area contributed by atoms with Gasteiger partial charge in [-0.3, -0.25) is 4.79 Å². The van der Waals surface area contributed by atoms with Crippen LogP contribution in [-0.2, 0) is 17.1 Å². The van der Waals surface area contributed by atoms with Crippen molar-refractivity contribution in [2.75, 3.05) is 38.7 Å². The predicted octanol–water partition coefficient (Wildman–Crippen LogP) is 2.23. The van der Waals surface area contributed by atoms with E-state index in [1.807, 2.05) is 35.2 Å². The number of carbonyl (C=O) groups is 1. The fourth-order valence-corrected chi connectivity index (χ4v) is 4.53. The van der Waals surface area contributed by atoms with E-state index >= 15 is 0 Å². The van der Waals surface area contributed by atoms with Gasteiger partial charge >= 0.3 is 0 Å². The van der Waals surface area contributed by atoms with Crippen molar-refractivity contribution in [1.82, 2.24) is 4.90 Å². The first-order valence-corrected chi connectivity index (χ1v) is 11.0. The van der Waals surface area contributed by atoms with Crippen LogP contribution in [0.4, 0.5) is 0 Å². The normalized spacial score (nSPS) is 16.4. The molecule has 5 nitrogen and oxygen atoms in total. The first kappa shape index (κ1) is 19.4. The molecule has 4 rings (SSSR count). The van der Waals surface area contributed by atoms with Crippen molar-refractivity contribution >= 4 is 29.3 Å². The number of fused-ring (bicyclic) bond motifs is 1. The van der Waals surface area contributed by atoms with Gasteiger partial charge in [0.25, 0.3) is 0 Å². The Bertz CT molecular complexity index is 823. The summed E-state index contributed by atoms with van der Waals surface area (Å²) in [5, 5.41) is 0.742. The Morgan fingerprint density at radius 1 is 1.04 bits per heavy atom. The van der Waals surface area contributed by atoms with E-state index in [1.165, 1.54) is 16.0 Å². The van der Waals surface area contributed by atoms with Crippen LogP contribution in [0.15, 0.2) is 42.5 Å². The van der Waals surface area contributed by atoms with E-state index in [1.54, 1.807) is 11.8 Å². The van der Waals surface area contributed by atoms with E-state index in [0.717, 1.165) is 55.0 Å². The van der Waals surface area contributed by atoms with Crippen LogP contribution in [0.3, 0.4) is 0 Å². The molecule has 7 heteroatoms. The van der Waals surface area contributed by atoms with E-state index in [4.69, 9.17) is 21.1 Å². The summed E-state index contributed by atoms with van der Waals surface area (Å²) in [7, 11) is 0. The standard InChI is InChI=1S/C21H23ClN2O3S/c22-18-4-1-16(2-5-18)13-28-14-21(25)24-9-7-23(8-10-24)12-17-3-6-19-20(11-17)27-15-26-19/h1-6,11H,7-10,12-15H2/p+1. The van der Waals surface area contributed by atoms with Crippen LogP contribution in [0.25, 0.3) is 0 Å². The summed E-state index contributed by atoms with van der Waals surface area (Å²) in [6.07, 6.45) is 0. The number of benzene rings is 2. The summed E-state index contributed by atoms with van der Waals surface area (Å²) in [6, 6.07) is 14.0. The number of ether oxygens (including phenoxy) is 2. The molecule has 0 aliphatic carbocycles. The summed E-state index contributed by atoms with van der Waals surface area (Å²) in [6.45, 7) is 4.84. The van der Waals surface area contributed by atoms with Crippen molar-refractivity contribution in [1.29, 1.82) is 0 Å². The van der Waals surface area contributed by atoms with E-state index in [2.05, 4.69) is 12.1 Å². The van der Waals surface area contributed by atoms with Gasteiger partial charge in [-0.05, 0) is 35.9 Å². The number of quaternary nitrogens is 1. The molecule has 2 aromatic carbocycles. The average molecular weight is 420 g/mol. The van der Waals surface area contributed by atoms with Crippen LogP contribution < -0.4 is 14.4 Å². The van der Waals surface area contributed by atoms with Gasteiger partial charge in [-0.25, -0.2) is 0 Å². The number of halogens is 1. The van der Waals surface area contributed by atoms with Crippen molar-refractivity contribution in [2.24, 2.45) is 0 Å². The molecule has 2 aliphatic rings. The van der Waals surface area contributed by atoms with E-state index in [0.29, 0.717) is 12.5 Å². The fourth-order valence-electron chi connectivity index (χ4n) is 3.52. The highest BCUT2D eigenvalue weighted by Gasteiger charge is 2.24. The Hall–Kier alpha value is -1.89. The SMILES string of the molecule is O=C(CSCc1ccc(Cl)cc1)N1CC[NH+](Cc2ccc3c(c2)OCO3)CC1. The molecule has 1 N–H and O–H groups in total. The fraction of sp³-hybridized carbons (Fsp3) is 0.381. The number of hydrogen-bond donors (Lipinski definition) is 1. The highest BCUT2D eigenvalue weighted by molar-refractivity contribution is 7.99. The average Bonchev–Trinajstić information content (AvgIpc) is 3.18. The number of piperazine rings is 1. The summed E-state index contributed by atoms with van der Waals surface area (Å²) >= 11 is 7.57. The third kappa shape index (κ3) is 4.93. The summed E-state index contributed by atoms with van der Waals surface area (Å²) in [5.41, 5.74) is 2.44. The Balaban J connectivity index is 1.19. The second kappa shape index (κ2) is 9.07. The van der Waals surface area contributed by atoms with Crippen LogP contribution in [-0.4, -0.2) is 49.5 Å². The maximum atomic E-state index is 12.5. The minimum atomic E-state index is 0.237. The Morgan fingerprint density at radius 3 is 2.54 bits per heavy atom. The molecule has 28 heavy (non-hydrogen) atoms. The third-order valence-corrected chi connectivity index (χ3v) is 6.36. The molecular weight excluding hydrogens is 396 g/mol. The van der Waals surface area contributed by atoms with Crippen LogP contribution in [0.2, 0.25) is 5.02 Å². The van der Waals surface area contributed by atoms with Gasteiger partial charge in [-0.15, -0.1) is 11.8 Å². The lowest BCUT2D eigenvalue weighted by atomic mass is 10.1. The Kier molecular flexibility index (Phi) is 6.29. The zero-order valence-corrected chi connectivity index (χ0v) is 17.2. The highest BCUT2D eigenvalue weighted by atomic mass is 35.5. The molecule has 0 saturated carbocycles. The van der Waals surface area contributed by atoms with Crippen molar-refractivity contribution in [3.05, 3.63) is 58.6 Å². The van der Waals surface area contributed by atoms with Crippen LogP contribution in [0, 0.1) is 0 Å². The van der Waals surface area contributed by atoms with Crippen molar-refractivity contribution in [2.45, 2.75) is 12.3 Å². The molecular formula is C21H24ClN2O3S+. The van der Waals surface area contributed by atoms with Gasteiger partial charge < -0.3 is 19.3 Å². The highest BCUT2D eigenvalue weighted by Crippen LogP contribution is 2.32. The lowest BCUT2D eigenvalue weighted by Gasteiger charge is -2.32. The Labute approximate surface area is 174 Å². The van der Waals surface area contributed by atoms with E-state index in [9.17, 15) is 4.79 Å². The van der Waals surface area contributed by atoms with Crippen molar-refractivity contribution in [3.8, 4) is 11.5 Å². The second-order valence-corrected chi connectivity index (χ2v) is 8.54. The lowest BCUT2D eigenvalue weighted by Crippen LogP contribution is -3.13. The molecule has 1 saturated heterocycles. The quantitative estimate of drug-likeness (QED) is 0.779. The van der Waals surface area contributed by atoms with Gasteiger partial charge in [0.1, 0.15) is 6.54 Å². The number of thioether (sulfide) groups is 1. The first-order valence-electron chi connectivity index (χ1n) is 9.49. The predicted molar refractivity (Wildman–Crippen MR) is 111 cm³/mol. The maximum Gasteiger partial charge on any atom is 0.232 e. The monoisotopic (exact) mass is 419 g/mol. The summed E-state index contributed by atoms with van der Waals surface area (Å²) < 4.78 is 10.8. The van der Waals surface area contributed by atoms with Crippen LogP contribution >= 0.6 is 23.4 Å². The molecule has 1 amide bonds. The van der Waals surface area contributed by atoms with Gasteiger partial charge in [-0.2, -0.15) is 0 Å². The Morgan fingerprint density at radius 2 is 1.75 bits per heavy atom. The van der Waals surface area contributed by atoms with Crippen LogP contribution in [0.1, 0.15) is 11.1 Å². The molecule has 0 unspecified atom stereocenters. The van der Waals surface area contributed by atoms with Crippen molar-refractivity contribution < 1.29 is 19.2 Å². The minimum Gasteiger partial charge on any atom is -0.454 e. The number of nitrogens with zero attached hydrogens (tertiary/aromatic N) is 1. The van der Waals surface area contributed by atoms with Gasteiger partial charge in [-0.1, -0.05) is 23.7 Å².